The number of phenols is 1. The molecule has 0 spiro atoms. The predicted octanol–water partition coefficient (Wildman–Crippen LogP) is 5.86. The van der Waals surface area contributed by atoms with Gasteiger partial charge in [-0.05, 0) is 65.0 Å². The molecule has 25 heavy (non-hydrogen) atoms. The van der Waals surface area contributed by atoms with Gasteiger partial charge in [0.15, 0.2) is 5.75 Å². The average Bonchev–Trinajstić information content (AvgIpc) is 2.40. The van der Waals surface area contributed by atoms with Crippen molar-refractivity contribution in [3.63, 3.8) is 0 Å². The zero-order valence-corrected chi connectivity index (χ0v) is 17.3. The van der Waals surface area contributed by atoms with Crippen LogP contribution in [0, 0.1) is 0 Å². The fourth-order valence-corrected chi connectivity index (χ4v) is 2.23. The minimum Gasteiger partial charge on any atom is -0.504 e. The third kappa shape index (κ3) is 6.40. The van der Waals surface area contributed by atoms with Crippen LogP contribution < -0.4 is 9.78 Å². The van der Waals surface area contributed by atoms with Crippen LogP contribution in [0.2, 0.25) is 0 Å². The first-order valence-electron chi connectivity index (χ1n) is 8.84. The summed E-state index contributed by atoms with van der Waals surface area (Å²) in [6, 6.07) is 1.71. The van der Waals surface area contributed by atoms with E-state index in [1.807, 2.05) is 41.5 Å². The Labute approximate surface area is 152 Å². The fraction of sp³-hybridized carbons (Fsp3) is 0.700. The number of rotatable bonds is 6. The highest BCUT2D eigenvalue weighted by Crippen LogP contribution is 2.47. The molecule has 0 bridgehead atoms. The minimum absolute atomic E-state index is 0.0372. The Morgan fingerprint density at radius 1 is 0.760 bits per heavy atom. The van der Waals surface area contributed by atoms with Crippen LogP contribution in [0.4, 0.5) is 0 Å². The van der Waals surface area contributed by atoms with Gasteiger partial charge in [-0.3, -0.25) is 0 Å². The lowest BCUT2D eigenvalue weighted by Gasteiger charge is -2.26. The normalized spacial score (nSPS) is 12.8. The van der Waals surface area contributed by atoms with Crippen LogP contribution >= 0.6 is 0 Å². The van der Waals surface area contributed by atoms with Crippen molar-refractivity contribution in [1.29, 1.82) is 0 Å². The summed E-state index contributed by atoms with van der Waals surface area (Å²) in [5, 5.41) is 10.5. The van der Waals surface area contributed by atoms with Crippen molar-refractivity contribution in [2.45, 2.75) is 92.3 Å². The maximum Gasteiger partial charge on any atom is 0.253 e. The molecule has 0 radical (unpaired) electrons. The zero-order valence-electron chi connectivity index (χ0n) is 17.3. The second-order valence-corrected chi connectivity index (χ2v) is 8.92. The lowest BCUT2D eigenvalue weighted by molar-refractivity contribution is -0.293. The lowest BCUT2D eigenvalue weighted by atomic mass is 9.89. The number of hydrogen-bond donors (Lipinski definition) is 1. The lowest BCUT2D eigenvalue weighted by Crippen LogP contribution is -2.24. The molecule has 5 heteroatoms. The molecule has 1 aromatic carbocycles. The third-order valence-corrected chi connectivity index (χ3v) is 3.24. The first-order valence-corrected chi connectivity index (χ1v) is 8.84. The molecule has 0 aromatic heterocycles. The van der Waals surface area contributed by atoms with E-state index in [2.05, 4.69) is 27.7 Å². The summed E-state index contributed by atoms with van der Waals surface area (Å²) in [7, 11) is 0. The standard InChI is InChI=1S/C20H34O5/c1-12(2)14-11-15(21)17(22-24-19(5,6)7)18(16(14)13(3)4)23-25-20(8,9)10/h11-13,21H,1-10H3. The average molecular weight is 354 g/mol. The highest BCUT2D eigenvalue weighted by atomic mass is 17.2. The van der Waals surface area contributed by atoms with E-state index in [1.165, 1.54) is 0 Å². The van der Waals surface area contributed by atoms with Gasteiger partial charge in [-0.2, -0.15) is 9.78 Å². The van der Waals surface area contributed by atoms with E-state index >= 15 is 0 Å². The number of hydrogen-bond acceptors (Lipinski definition) is 5. The molecule has 0 saturated carbocycles. The van der Waals surface area contributed by atoms with Crippen LogP contribution in [0.3, 0.4) is 0 Å². The van der Waals surface area contributed by atoms with E-state index in [9.17, 15) is 5.11 Å². The predicted molar refractivity (Wildman–Crippen MR) is 99.2 cm³/mol. The molecule has 144 valence electrons. The topological polar surface area (TPSA) is 57.2 Å². The molecule has 0 unspecified atom stereocenters. The molecule has 0 aliphatic carbocycles. The fourth-order valence-electron chi connectivity index (χ4n) is 2.23. The summed E-state index contributed by atoms with van der Waals surface area (Å²) in [6.07, 6.45) is 0. The Morgan fingerprint density at radius 2 is 1.20 bits per heavy atom. The van der Waals surface area contributed by atoms with Crippen molar-refractivity contribution in [2.24, 2.45) is 0 Å². The SMILES string of the molecule is CC(C)c1cc(O)c(OOC(C)(C)C)c(OOC(C)(C)C)c1C(C)C. The van der Waals surface area contributed by atoms with E-state index in [0.717, 1.165) is 11.1 Å². The summed E-state index contributed by atoms with van der Waals surface area (Å²) >= 11 is 0. The number of benzene rings is 1. The highest BCUT2D eigenvalue weighted by molar-refractivity contribution is 5.60. The second-order valence-electron chi connectivity index (χ2n) is 8.92. The second kappa shape index (κ2) is 7.83. The van der Waals surface area contributed by atoms with Crippen LogP contribution in [-0.2, 0) is 9.78 Å². The zero-order chi connectivity index (χ0) is 19.6. The van der Waals surface area contributed by atoms with Gasteiger partial charge in [0.05, 0.1) is 0 Å². The van der Waals surface area contributed by atoms with Crippen LogP contribution in [0.5, 0.6) is 17.2 Å². The first-order chi connectivity index (χ1) is 11.2. The van der Waals surface area contributed by atoms with Gasteiger partial charge < -0.3 is 14.9 Å². The highest BCUT2D eigenvalue weighted by Gasteiger charge is 2.28. The van der Waals surface area contributed by atoms with Gasteiger partial charge in [-0.15, -0.1) is 0 Å². The Hall–Kier alpha value is -1.46. The molecular formula is C20H34O5. The molecule has 0 amide bonds. The van der Waals surface area contributed by atoms with Crippen LogP contribution in [0.25, 0.3) is 0 Å². The maximum atomic E-state index is 10.5. The molecule has 1 N–H and O–H groups in total. The summed E-state index contributed by atoms with van der Waals surface area (Å²) in [5.74, 6) is 0.807. The Bertz CT molecular complexity index is 577. The van der Waals surface area contributed by atoms with E-state index in [1.54, 1.807) is 6.07 Å². The molecule has 0 aliphatic heterocycles. The first kappa shape index (κ1) is 21.6. The van der Waals surface area contributed by atoms with Gasteiger partial charge in [0.25, 0.3) is 5.75 Å². The Morgan fingerprint density at radius 3 is 1.56 bits per heavy atom. The van der Waals surface area contributed by atoms with E-state index < -0.39 is 11.2 Å². The van der Waals surface area contributed by atoms with Crippen molar-refractivity contribution in [1.82, 2.24) is 0 Å². The van der Waals surface area contributed by atoms with Gasteiger partial charge >= 0.3 is 0 Å². The molecule has 1 aromatic rings. The summed E-state index contributed by atoms with van der Waals surface area (Å²) in [5.41, 5.74) is 0.871. The Balaban J connectivity index is 3.48. The largest absolute Gasteiger partial charge is 0.504 e. The molecule has 0 saturated heterocycles. The van der Waals surface area contributed by atoms with E-state index in [-0.39, 0.29) is 23.3 Å². The quantitative estimate of drug-likeness (QED) is 0.512. The van der Waals surface area contributed by atoms with Crippen LogP contribution in [-0.4, -0.2) is 16.3 Å². The van der Waals surface area contributed by atoms with E-state index in [0.29, 0.717) is 5.75 Å². The molecule has 0 aliphatic rings. The van der Waals surface area contributed by atoms with Gasteiger partial charge in [0.2, 0.25) is 5.75 Å². The summed E-state index contributed by atoms with van der Waals surface area (Å²) < 4.78 is 0. The molecule has 1 rings (SSSR count). The van der Waals surface area contributed by atoms with Gasteiger partial charge in [-0.1, -0.05) is 27.7 Å². The monoisotopic (exact) mass is 354 g/mol. The minimum atomic E-state index is -0.538. The summed E-state index contributed by atoms with van der Waals surface area (Å²) in [4.78, 5) is 22.1. The van der Waals surface area contributed by atoms with Crippen molar-refractivity contribution in [3.05, 3.63) is 17.2 Å². The van der Waals surface area contributed by atoms with E-state index in [4.69, 9.17) is 19.6 Å². The van der Waals surface area contributed by atoms with Crippen molar-refractivity contribution < 1.29 is 24.7 Å². The molecule has 5 nitrogen and oxygen atoms in total. The Kier molecular flexibility index (Phi) is 6.76. The molecule has 0 atom stereocenters. The molecule has 0 fully saturated rings. The maximum absolute atomic E-state index is 10.5. The van der Waals surface area contributed by atoms with Crippen molar-refractivity contribution in [2.75, 3.05) is 0 Å². The van der Waals surface area contributed by atoms with Gasteiger partial charge in [-0.25, -0.2) is 0 Å². The smallest absolute Gasteiger partial charge is 0.253 e. The molecule has 0 heterocycles. The summed E-state index contributed by atoms with van der Waals surface area (Å²) in [6.45, 7) is 19.5. The van der Waals surface area contributed by atoms with Crippen molar-refractivity contribution in [3.8, 4) is 17.2 Å². The molecular weight excluding hydrogens is 320 g/mol. The number of phenolic OH excluding ortho intramolecular Hbond substituents is 1. The van der Waals surface area contributed by atoms with Crippen molar-refractivity contribution >= 4 is 0 Å². The third-order valence-electron chi connectivity index (χ3n) is 3.24. The van der Waals surface area contributed by atoms with Crippen LogP contribution in [0.15, 0.2) is 6.07 Å². The number of aromatic hydroxyl groups is 1. The van der Waals surface area contributed by atoms with Crippen LogP contribution in [0.1, 0.15) is 92.2 Å². The van der Waals surface area contributed by atoms with Gasteiger partial charge in [0, 0.05) is 5.56 Å². The van der Waals surface area contributed by atoms with Gasteiger partial charge in [0.1, 0.15) is 11.2 Å².